The molecule has 0 radical (unpaired) electrons. The number of anilines is 1. The van der Waals surface area contributed by atoms with E-state index >= 15 is 0 Å². The van der Waals surface area contributed by atoms with Gasteiger partial charge in [-0.3, -0.25) is 4.79 Å². The van der Waals surface area contributed by atoms with Crippen molar-refractivity contribution in [2.24, 2.45) is 5.73 Å². The normalized spacial score (nSPS) is 16.5. The van der Waals surface area contributed by atoms with Crippen LogP contribution in [0.25, 0.3) is 11.5 Å². The highest BCUT2D eigenvalue weighted by Gasteiger charge is 2.29. The predicted molar refractivity (Wildman–Crippen MR) is 103 cm³/mol. The Balaban J connectivity index is 1.52. The number of benzene rings is 2. The van der Waals surface area contributed by atoms with Crippen molar-refractivity contribution in [3.8, 4) is 11.5 Å². The van der Waals surface area contributed by atoms with Crippen LogP contribution in [0.4, 0.5) is 5.69 Å². The van der Waals surface area contributed by atoms with E-state index in [1.54, 1.807) is 4.90 Å². The van der Waals surface area contributed by atoms with Crippen LogP contribution in [-0.2, 0) is 16.8 Å². The molecule has 1 fully saturated rings. The van der Waals surface area contributed by atoms with Gasteiger partial charge in [-0.1, -0.05) is 30.3 Å². The summed E-state index contributed by atoms with van der Waals surface area (Å²) in [5.41, 5.74) is 8.50. The molecule has 1 atom stereocenters. The fourth-order valence-electron chi connectivity index (χ4n) is 3.37. The van der Waals surface area contributed by atoms with Crippen molar-refractivity contribution in [2.45, 2.75) is 31.7 Å². The second kappa shape index (κ2) is 6.96. The van der Waals surface area contributed by atoms with Gasteiger partial charge in [0.2, 0.25) is 17.7 Å². The average Bonchev–Trinajstić information content (AvgIpc) is 3.32. The summed E-state index contributed by atoms with van der Waals surface area (Å²) in [6.45, 7) is 2.66. The van der Waals surface area contributed by atoms with Crippen LogP contribution in [0.1, 0.15) is 31.2 Å². The highest BCUT2D eigenvalue weighted by atomic mass is 16.4. The summed E-state index contributed by atoms with van der Waals surface area (Å²) < 4.78 is 5.87. The second-order valence-electron chi connectivity index (χ2n) is 7.19. The molecule has 1 saturated heterocycles. The quantitative estimate of drug-likeness (QED) is 0.753. The molecule has 27 heavy (non-hydrogen) atoms. The van der Waals surface area contributed by atoms with Gasteiger partial charge in [0.25, 0.3) is 0 Å². The summed E-state index contributed by atoms with van der Waals surface area (Å²) in [6.07, 6.45) is 2.13. The third kappa shape index (κ3) is 3.61. The van der Waals surface area contributed by atoms with Crippen molar-refractivity contribution < 1.29 is 9.21 Å². The van der Waals surface area contributed by atoms with Gasteiger partial charge < -0.3 is 15.1 Å². The van der Waals surface area contributed by atoms with Crippen molar-refractivity contribution >= 4 is 11.6 Å². The third-order valence-corrected chi connectivity index (χ3v) is 4.83. The molecule has 1 aliphatic heterocycles. The lowest BCUT2D eigenvalue weighted by molar-refractivity contribution is -0.117. The lowest BCUT2D eigenvalue weighted by Crippen LogP contribution is -2.35. The molecule has 2 heterocycles. The van der Waals surface area contributed by atoms with Crippen LogP contribution in [0.15, 0.2) is 59.0 Å². The van der Waals surface area contributed by atoms with Crippen molar-refractivity contribution in [1.29, 1.82) is 0 Å². The summed E-state index contributed by atoms with van der Waals surface area (Å²) >= 11 is 0. The first-order valence-electron chi connectivity index (χ1n) is 9.10. The molecule has 1 aromatic heterocycles. The van der Waals surface area contributed by atoms with Gasteiger partial charge in [-0.2, -0.15) is 0 Å². The summed E-state index contributed by atoms with van der Waals surface area (Å²) in [6, 6.07) is 17.6. The van der Waals surface area contributed by atoms with E-state index in [4.69, 9.17) is 10.2 Å². The number of aromatic nitrogens is 2. The Kier molecular flexibility index (Phi) is 4.49. The van der Waals surface area contributed by atoms with Crippen LogP contribution in [0.5, 0.6) is 0 Å². The maximum atomic E-state index is 11.9. The maximum Gasteiger partial charge on any atom is 0.247 e. The summed E-state index contributed by atoms with van der Waals surface area (Å²) in [4.78, 5) is 13.7. The van der Waals surface area contributed by atoms with Gasteiger partial charge in [0.1, 0.15) is 0 Å². The van der Waals surface area contributed by atoms with Gasteiger partial charge >= 0.3 is 0 Å². The molecule has 6 heteroatoms. The molecule has 0 spiro atoms. The van der Waals surface area contributed by atoms with Gasteiger partial charge in [0, 0.05) is 24.2 Å². The fourth-order valence-corrected chi connectivity index (χ4v) is 3.37. The van der Waals surface area contributed by atoms with Crippen molar-refractivity contribution in [3.63, 3.8) is 0 Å². The first-order chi connectivity index (χ1) is 13.0. The van der Waals surface area contributed by atoms with E-state index in [0.29, 0.717) is 24.6 Å². The number of carbonyl (C=O) groups excluding carboxylic acids is 1. The molecule has 2 aromatic carbocycles. The number of nitrogens with two attached hydrogens (primary N) is 1. The van der Waals surface area contributed by atoms with Gasteiger partial charge in [-0.25, -0.2) is 0 Å². The molecule has 0 saturated carbocycles. The Labute approximate surface area is 158 Å². The molecule has 0 aliphatic carbocycles. The minimum Gasteiger partial charge on any atom is -0.419 e. The zero-order valence-electron chi connectivity index (χ0n) is 15.3. The average molecular weight is 362 g/mol. The van der Waals surface area contributed by atoms with Crippen LogP contribution in [0.3, 0.4) is 0 Å². The van der Waals surface area contributed by atoms with E-state index in [1.807, 2.05) is 61.5 Å². The van der Waals surface area contributed by atoms with E-state index in [9.17, 15) is 4.79 Å². The van der Waals surface area contributed by atoms with E-state index in [2.05, 4.69) is 10.2 Å². The highest BCUT2D eigenvalue weighted by Crippen LogP contribution is 2.28. The van der Waals surface area contributed by atoms with Gasteiger partial charge in [0.15, 0.2) is 0 Å². The Morgan fingerprint density at radius 3 is 2.52 bits per heavy atom. The van der Waals surface area contributed by atoms with Gasteiger partial charge in [-0.15, -0.1) is 10.2 Å². The molecule has 2 N–H and O–H groups in total. The summed E-state index contributed by atoms with van der Waals surface area (Å²) in [5, 5.41) is 8.33. The topological polar surface area (TPSA) is 85.2 Å². The SMILES string of the molecule is C[C@@](N)(Cc1ccccc1)c1nnc(-c2ccc(N3CCCC3=O)cc2)o1. The molecule has 0 bridgehead atoms. The number of rotatable bonds is 5. The Morgan fingerprint density at radius 2 is 1.85 bits per heavy atom. The van der Waals surface area contributed by atoms with Crippen molar-refractivity contribution in [2.75, 3.05) is 11.4 Å². The lowest BCUT2D eigenvalue weighted by Gasteiger charge is -2.20. The van der Waals surface area contributed by atoms with Gasteiger partial charge in [0.05, 0.1) is 5.54 Å². The zero-order valence-corrected chi connectivity index (χ0v) is 15.3. The monoisotopic (exact) mass is 362 g/mol. The standard InChI is InChI=1S/C21H22N4O2/c1-21(22,14-15-6-3-2-4-7-15)20-24-23-19(27-20)16-9-11-17(12-10-16)25-13-5-8-18(25)26/h2-4,6-7,9-12H,5,8,13-14,22H2,1H3/t21-/m1/s1. The number of hydrogen-bond acceptors (Lipinski definition) is 5. The third-order valence-electron chi connectivity index (χ3n) is 4.83. The summed E-state index contributed by atoms with van der Waals surface area (Å²) in [5.74, 6) is 0.997. The van der Waals surface area contributed by atoms with Crippen molar-refractivity contribution in [3.05, 3.63) is 66.1 Å². The van der Waals surface area contributed by atoms with E-state index in [1.165, 1.54) is 0 Å². The molecule has 138 valence electrons. The van der Waals surface area contributed by atoms with Crippen LogP contribution in [0.2, 0.25) is 0 Å². The van der Waals surface area contributed by atoms with Gasteiger partial charge in [-0.05, 0) is 49.6 Å². The molecule has 3 aromatic rings. The number of nitrogens with zero attached hydrogens (tertiary/aromatic N) is 3. The zero-order chi connectivity index (χ0) is 18.9. The Hall–Kier alpha value is -2.99. The molecule has 1 amide bonds. The van der Waals surface area contributed by atoms with Crippen LogP contribution < -0.4 is 10.6 Å². The predicted octanol–water partition coefficient (Wildman–Crippen LogP) is 3.28. The Bertz CT molecular complexity index is 932. The molecular formula is C21H22N4O2. The summed E-state index contributed by atoms with van der Waals surface area (Å²) in [7, 11) is 0. The fraction of sp³-hybridized carbons (Fsp3) is 0.286. The molecule has 0 unspecified atom stereocenters. The van der Waals surface area contributed by atoms with E-state index in [-0.39, 0.29) is 5.91 Å². The second-order valence-corrected chi connectivity index (χ2v) is 7.19. The minimum atomic E-state index is -0.755. The molecular weight excluding hydrogens is 340 g/mol. The van der Waals surface area contributed by atoms with E-state index < -0.39 is 5.54 Å². The highest BCUT2D eigenvalue weighted by molar-refractivity contribution is 5.95. The largest absolute Gasteiger partial charge is 0.419 e. The Morgan fingerprint density at radius 1 is 1.11 bits per heavy atom. The number of hydrogen-bond donors (Lipinski definition) is 1. The molecule has 1 aliphatic rings. The first kappa shape index (κ1) is 17.4. The number of carbonyl (C=O) groups is 1. The van der Waals surface area contributed by atoms with Crippen LogP contribution >= 0.6 is 0 Å². The minimum absolute atomic E-state index is 0.169. The molecule has 6 nitrogen and oxygen atoms in total. The van der Waals surface area contributed by atoms with Crippen molar-refractivity contribution in [1.82, 2.24) is 10.2 Å². The van der Waals surface area contributed by atoms with E-state index in [0.717, 1.165) is 29.8 Å². The van der Waals surface area contributed by atoms with Crippen LogP contribution in [-0.4, -0.2) is 22.6 Å². The lowest BCUT2D eigenvalue weighted by atomic mass is 9.94. The number of amides is 1. The maximum absolute atomic E-state index is 11.9. The van der Waals surface area contributed by atoms with Crippen LogP contribution in [0, 0.1) is 0 Å². The smallest absolute Gasteiger partial charge is 0.247 e. The first-order valence-corrected chi connectivity index (χ1v) is 9.10. The molecule has 4 rings (SSSR count).